The van der Waals surface area contributed by atoms with Gasteiger partial charge in [-0.2, -0.15) is 10.2 Å². The van der Waals surface area contributed by atoms with Gasteiger partial charge in [0.1, 0.15) is 17.2 Å². The first-order chi connectivity index (χ1) is 8.58. The molecule has 2 heterocycles. The van der Waals surface area contributed by atoms with Crippen LogP contribution in [0.3, 0.4) is 0 Å². The first kappa shape index (κ1) is 12.6. The molecule has 0 saturated carbocycles. The van der Waals surface area contributed by atoms with Crippen LogP contribution in [0.1, 0.15) is 22.0 Å². The lowest BCUT2D eigenvalue weighted by Gasteiger charge is -2.00. The number of aromatic nitrogens is 2. The second-order valence-corrected chi connectivity index (χ2v) is 4.47. The van der Waals surface area contributed by atoms with Crippen molar-refractivity contribution in [2.45, 2.75) is 6.92 Å². The zero-order valence-corrected chi connectivity index (χ0v) is 11.4. The van der Waals surface area contributed by atoms with Crippen LogP contribution in [0.5, 0.6) is 0 Å². The van der Waals surface area contributed by atoms with Crippen LogP contribution in [0, 0.1) is 6.92 Å². The summed E-state index contributed by atoms with van der Waals surface area (Å²) in [4.78, 5) is 11.8. The Balaban J connectivity index is 2.03. The first-order valence-corrected chi connectivity index (χ1v) is 5.94. The largest absolute Gasteiger partial charge is 0.460 e. The summed E-state index contributed by atoms with van der Waals surface area (Å²) in [5.41, 5.74) is 2.81. The number of amides is 1. The zero-order chi connectivity index (χ0) is 13.1. The van der Waals surface area contributed by atoms with Gasteiger partial charge in [0.15, 0.2) is 0 Å². The number of nitrogens with zero attached hydrogens (tertiary/aromatic N) is 3. The Morgan fingerprint density at radius 2 is 2.39 bits per heavy atom. The van der Waals surface area contributed by atoms with Gasteiger partial charge in [0.25, 0.3) is 5.91 Å². The summed E-state index contributed by atoms with van der Waals surface area (Å²) >= 11 is 3.24. The van der Waals surface area contributed by atoms with Crippen LogP contribution in [0.4, 0.5) is 0 Å². The van der Waals surface area contributed by atoms with Gasteiger partial charge in [-0.05, 0) is 35.0 Å². The maximum atomic E-state index is 11.8. The van der Waals surface area contributed by atoms with Crippen LogP contribution >= 0.6 is 15.9 Å². The Morgan fingerprint density at radius 1 is 1.61 bits per heavy atom. The minimum Gasteiger partial charge on any atom is -0.460 e. The molecule has 94 valence electrons. The molecule has 0 atom stereocenters. The summed E-state index contributed by atoms with van der Waals surface area (Å²) in [6.45, 7) is 1.84. The van der Waals surface area contributed by atoms with Crippen molar-refractivity contribution >= 4 is 28.1 Å². The molecule has 2 rings (SSSR count). The Labute approximate surface area is 112 Å². The molecule has 6 nitrogen and oxygen atoms in total. The molecule has 0 radical (unpaired) electrons. The number of hydrogen-bond donors (Lipinski definition) is 1. The maximum Gasteiger partial charge on any atom is 0.290 e. The predicted molar refractivity (Wildman–Crippen MR) is 69.4 cm³/mol. The molecule has 0 spiro atoms. The number of halogens is 1. The van der Waals surface area contributed by atoms with E-state index in [-0.39, 0.29) is 5.91 Å². The van der Waals surface area contributed by atoms with Crippen LogP contribution in [-0.4, -0.2) is 21.9 Å². The van der Waals surface area contributed by atoms with Crippen LogP contribution in [0.15, 0.2) is 32.3 Å². The van der Waals surface area contributed by atoms with Crippen molar-refractivity contribution in [3.63, 3.8) is 0 Å². The number of hydrogen-bond acceptors (Lipinski definition) is 4. The van der Waals surface area contributed by atoms with E-state index in [0.717, 1.165) is 5.76 Å². The number of nitrogens with one attached hydrogen (secondary N) is 1. The van der Waals surface area contributed by atoms with Crippen LogP contribution in [-0.2, 0) is 7.05 Å². The normalized spacial score (nSPS) is 11.1. The summed E-state index contributed by atoms with van der Waals surface area (Å²) in [6.07, 6.45) is 2.99. The van der Waals surface area contributed by atoms with Crippen molar-refractivity contribution in [3.8, 4) is 0 Å². The van der Waals surface area contributed by atoms with Crippen LogP contribution in [0.2, 0.25) is 0 Å². The van der Waals surface area contributed by atoms with Crippen molar-refractivity contribution < 1.29 is 9.21 Å². The highest BCUT2D eigenvalue weighted by molar-refractivity contribution is 9.10. The number of furan rings is 1. The third-order valence-corrected chi connectivity index (χ3v) is 2.81. The van der Waals surface area contributed by atoms with E-state index in [9.17, 15) is 4.79 Å². The number of rotatable bonds is 3. The molecule has 0 unspecified atom stereocenters. The highest BCUT2D eigenvalue weighted by Crippen LogP contribution is 2.14. The van der Waals surface area contributed by atoms with E-state index in [4.69, 9.17) is 4.42 Å². The second kappa shape index (κ2) is 5.18. The third-order valence-electron chi connectivity index (χ3n) is 2.23. The molecule has 1 N–H and O–H groups in total. The van der Waals surface area contributed by atoms with Crippen molar-refractivity contribution in [1.29, 1.82) is 0 Å². The van der Waals surface area contributed by atoms with E-state index < -0.39 is 0 Å². The molecule has 0 fully saturated rings. The third kappa shape index (κ3) is 2.67. The summed E-state index contributed by atoms with van der Waals surface area (Å²) < 4.78 is 7.36. The molecule has 0 aliphatic heterocycles. The Morgan fingerprint density at radius 3 is 2.94 bits per heavy atom. The highest BCUT2D eigenvalue weighted by atomic mass is 79.9. The van der Waals surface area contributed by atoms with Crippen molar-refractivity contribution in [3.05, 3.63) is 40.0 Å². The van der Waals surface area contributed by atoms with E-state index in [1.165, 1.54) is 10.9 Å². The summed E-state index contributed by atoms with van der Waals surface area (Å²) in [7, 11) is 1.68. The lowest BCUT2D eigenvalue weighted by molar-refractivity contribution is 0.0945. The summed E-state index contributed by atoms with van der Waals surface area (Å²) in [5.74, 6) is 1.02. The van der Waals surface area contributed by atoms with E-state index in [1.807, 2.05) is 13.0 Å². The first-order valence-electron chi connectivity index (χ1n) is 5.15. The number of carbonyl (C=O) groups excluding carboxylic acids is 1. The summed E-state index contributed by atoms with van der Waals surface area (Å²) in [5, 5.41) is 7.76. The van der Waals surface area contributed by atoms with Gasteiger partial charge < -0.3 is 4.42 Å². The molecule has 2 aromatic rings. The molecule has 2 aromatic heterocycles. The molecule has 0 aliphatic rings. The van der Waals surface area contributed by atoms with Crippen molar-refractivity contribution in [1.82, 2.24) is 15.2 Å². The topological polar surface area (TPSA) is 72.4 Å². The van der Waals surface area contributed by atoms with E-state index in [2.05, 4.69) is 31.6 Å². The Bertz CT molecular complexity index is 580. The predicted octanol–water partition coefficient (Wildman–Crippen LogP) is 1.85. The molecule has 0 bridgehead atoms. The molecule has 1 amide bonds. The fourth-order valence-electron chi connectivity index (χ4n) is 1.40. The molecular weight excluding hydrogens is 300 g/mol. The van der Waals surface area contributed by atoms with E-state index in [0.29, 0.717) is 15.9 Å². The molecule has 7 heteroatoms. The van der Waals surface area contributed by atoms with Gasteiger partial charge >= 0.3 is 0 Å². The average molecular weight is 311 g/mol. The zero-order valence-electron chi connectivity index (χ0n) is 9.85. The van der Waals surface area contributed by atoms with Crippen molar-refractivity contribution in [2.24, 2.45) is 12.1 Å². The quantitative estimate of drug-likeness (QED) is 0.694. The van der Waals surface area contributed by atoms with Crippen LogP contribution in [0.25, 0.3) is 0 Å². The molecule has 0 saturated heterocycles. The molecule has 18 heavy (non-hydrogen) atoms. The van der Waals surface area contributed by atoms with E-state index in [1.54, 1.807) is 19.3 Å². The lowest BCUT2D eigenvalue weighted by atomic mass is 10.4. The Kier molecular flexibility index (Phi) is 3.61. The standard InChI is InChI=1S/C11H11BrN4O2/c1-7-3-4-8(18-7)5-13-15-11(17)10-9(12)6-14-16(10)2/h3-6H,1-2H3,(H,15,17)/b13-5-. The van der Waals surface area contributed by atoms with Gasteiger partial charge in [0, 0.05) is 7.05 Å². The fraction of sp³-hybridized carbons (Fsp3) is 0.182. The fourth-order valence-corrected chi connectivity index (χ4v) is 1.92. The second-order valence-electron chi connectivity index (χ2n) is 3.61. The van der Waals surface area contributed by atoms with Gasteiger partial charge in [-0.15, -0.1) is 0 Å². The average Bonchev–Trinajstić information content (AvgIpc) is 2.86. The molecule has 0 aliphatic carbocycles. The lowest BCUT2D eigenvalue weighted by Crippen LogP contribution is -2.21. The smallest absolute Gasteiger partial charge is 0.290 e. The summed E-state index contributed by atoms with van der Waals surface area (Å²) in [6, 6.07) is 3.59. The van der Waals surface area contributed by atoms with Gasteiger partial charge in [-0.3, -0.25) is 9.48 Å². The van der Waals surface area contributed by atoms with E-state index >= 15 is 0 Å². The van der Waals surface area contributed by atoms with Crippen molar-refractivity contribution in [2.75, 3.05) is 0 Å². The molecular formula is C11H11BrN4O2. The van der Waals surface area contributed by atoms with Gasteiger partial charge in [0.2, 0.25) is 0 Å². The van der Waals surface area contributed by atoms with Gasteiger partial charge in [-0.25, -0.2) is 5.43 Å². The molecule has 0 aromatic carbocycles. The maximum absolute atomic E-state index is 11.8. The number of carbonyl (C=O) groups is 1. The number of hydrazone groups is 1. The Hall–Kier alpha value is -1.89. The minimum atomic E-state index is -0.346. The minimum absolute atomic E-state index is 0.346. The number of aryl methyl sites for hydroxylation is 2. The van der Waals surface area contributed by atoms with Crippen LogP contribution < -0.4 is 5.43 Å². The highest BCUT2D eigenvalue weighted by Gasteiger charge is 2.14. The van der Waals surface area contributed by atoms with Gasteiger partial charge in [-0.1, -0.05) is 0 Å². The monoisotopic (exact) mass is 310 g/mol. The van der Waals surface area contributed by atoms with Gasteiger partial charge in [0.05, 0.1) is 16.9 Å². The SMILES string of the molecule is Cc1ccc(/C=N\NC(=O)c2c(Br)cnn2C)o1.